The number of rotatable bonds is 4. The van der Waals surface area contributed by atoms with Crippen LogP contribution in [0.15, 0.2) is 46.9 Å². The van der Waals surface area contributed by atoms with Crippen LogP contribution in [0.5, 0.6) is 0 Å². The van der Waals surface area contributed by atoms with Gasteiger partial charge in [-0.15, -0.1) is 0 Å². The Hall–Kier alpha value is -1.88. The average molecular weight is 337 g/mol. The third-order valence-electron chi connectivity index (χ3n) is 2.86. The van der Waals surface area contributed by atoms with Crippen molar-refractivity contribution in [2.24, 2.45) is 0 Å². The molecule has 0 aliphatic rings. The molecule has 5 heteroatoms. The molecule has 0 aliphatic heterocycles. The van der Waals surface area contributed by atoms with Crippen molar-refractivity contribution in [3.05, 3.63) is 63.9 Å². The molecule has 0 saturated heterocycles. The number of hydrogen-bond donors (Lipinski definition) is 2. The van der Waals surface area contributed by atoms with E-state index in [0.29, 0.717) is 16.6 Å². The molecule has 2 aromatic rings. The molecule has 2 rings (SSSR count). The highest BCUT2D eigenvalue weighted by atomic mass is 79.9. The van der Waals surface area contributed by atoms with Gasteiger partial charge in [0.15, 0.2) is 0 Å². The van der Waals surface area contributed by atoms with E-state index in [1.54, 1.807) is 31.3 Å². The summed E-state index contributed by atoms with van der Waals surface area (Å²) in [5.41, 5.74) is 2.49. The van der Waals surface area contributed by atoms with Crippen LogP contribution >= 0.6 is 15.9 Å². The van der Waals surface area contributed by atoms with Gasteiger partial charge in [-0.05, 0) is 51.8 Å². The van der Waals surface area contributed by atoms with Crippen molar-refractivity contribution >= 4 is 27.5 Å². The van der Waals surface area contributed by atoms with E-state index in [0.717, 1.165) is 11.3 Å². The highest BCUT2D eigenvalue weighted by Crippen LogP contribution is 2.20. The number of nitrogens with one attached hydrogen (secondary N) is 2. The molecular weight excluding hydrogens is 323 g/mol. The van der Waals surface area contributed by atoms with Crippen LogP contribution in [-0.4, -0.2) is 13.0 Å². The van der Waals surface area contributed by atoms with Crippen LogP contribution in [0.1, 0.15) is 15.9 Å². The Morgan fingerprint density at radius 1 is 1.20 bits per heavy atom. The molecule has 0 radical (unpaired) electrons. The minimum atomic E-state index is -0.287. The largest absolute Gasteiger partial charge is 0.381 e. The number of halogens is 2. The van der Waals surface area contributed by atoms with Crippen molar-refractivity contribution in [1.82, 2.24) is 5.32 Å². The predicted octanol–water partition coefficient (Wildman–Crippen LogP) is 3.56. The Kier molecular flexibility index (Phi) is 4.74. The quantitative estimate of drug-likeness (QED) is 0.896. The lowest BCUT2D eigenvalue weighted by Gasteiger charge is -2.08. The fraction of sp³-hybridized carbons (Fsp3) is 0.133. The van der Waals surface area contributed by atoms with Gasteiger partial charge in [0.25, 0.3) is 5.91 Å². The van der Waals surface area contributed by atoms with Crippen LogP contribution in [0.25, 0.3) is 0 Å². The molecule has 0 aliphatic carbocycles. The van der Waals surface area contributed by atoms with Crippen molar-refractivity contribution in [2.45, 2.75) is 6.54 Å². The minimum absolute atomic E-state index is 0.105. The van der Waals surface area contributed by atoms with Crippen LogP contribution in [0.3, 0.4) is 0 Å². The molecule has 0 fully saturated rings. The maximum atomic E-state index is 13.1. The van der Waals surface area contributed by atoms with Crippen LogP contribution < -0.4 is 10.6 Å². The summed E-state index contributed by atoms with van der Waals surface area (Å²) in [4.78, 5) is 11.4. The van der Waals surface area contributed by atoms with E-state index in [4.69, 9.17) is 0 Å². The fourth-order valence-electron chi connectivity index (χ4n) is 1.73. The Bertz CT molecular complexity index is 614. The van der Waals surface area contributed by atoms with E-state index in [2.05, 4.69) is 26.6 Å². The van der Waals surface area contributed by atoms with Crippen LogP contribution in [-0.2, 0) is 6.54 Å². The van der Waals surface area contributed by atoms with Crippen molar-refractivity contribution in [3.8, 4) is 0 Å². The number of carbonyl (C=O) groups is 1. The van der Waals surface area contributed by atoms with Gasteiger partial charge in [-0.25, -0.2) is 4.39 Å². The number of hydrogen-bond acceptors (Lipinski definition) is 2. The van der Waals surface area contributed by atoms with Crippen LogP contribution in [0, 0.1) is 5.82 Å². The van der Waals surface area contributed by atoms with Crippen LogP contribution in [0.2, 0.25) is 0 Å². The first-order valence-electron chi connectivity index (χ1n) is 6.10. The summed E-state index contributed by atoms with van der Waals surface area (Å²) < 4.78 is 13.5. The standard InChI is InChI=1S/C15H14BrFN2O/c1-18-15(20)11-4-2-10(3-5-11)9-19-12-6-7-14(17)13(16)8-12/h2-8,19H,9H2,1H3,(H,18,20). The van der Waals surface area contributed by atoms with Crippen molar-refractivity contribution in [1.29, 1.82) is 0 Å². The van der Waals surface area contributed by atoms with Gasteiger partial charge < -0.3 is 10.6 Å². The molecule has 0 bridgehead atoms. The van der Waals surface area contributed by atoms with Gasteiger partial charge in [0.2, 0.25) is 0 Å². The Labute approximate surface area is 125 Å². The highest BCUT2D eigenvalue weighted by Gasteiger charge is 2.03. The SMILES string of the molecule is CNC(=O)c1ccc(CNc2ccc(F)c(Br)c2)cc1. The lowest BCUT2D eigenvalue weighted by Crippen LogP contribution is -2.17. The average Bonchev–Trinajstić information content (AvgIpc) is 2.48. The van der Waals surface area contributed by atoms with E-state index >= 15 is 0 Å². The fourth-order valence-corrected chi connectivity index (χ4v) is 2.11. The monoisotopic (exact) mass is 336 g/mol. The summed E-state index contributed by atoms with van der Waals surface area (Å²) in [6.45, 7) is 0.603. The Balaban J connectivity index is 2.00. The van der Waals surface area contributed by atoms with Gasteiger partial charge in [0.05, 0.1) is 4.47 Å². The smallest absolute Gasteiger partial charge is 0.251 e. The maximum Gasteiger partial charge on any atom is 0.251 e. The second-order valence-electron chi connectivity index (χ2n) is 4.26. The second-order valence-corrected chi connectivity index (χ2v) is 5.11. The molecule has 104 valence electrons. The lowest BCUT2D eigenvalue weighted by molar-refractivity contribution is 0.0963. The molecule has 0 spiro atoms. The first kappa shape index (κ1) is 14.5. The maximum absolute atomic E-state index is 13.1. The van der Waals surface area contributed by atoms with E-state index < -0.39 is 0 Å². The van der Waals surface area contributed by atoms with Gasteiger partial charge in [-0.3, -0.25) is 4.79 Å². The molecule has 2 N–H and O–H groups in total. The zero-order valence-corrected chi connectivity index (χ0v) is 12.5. The Morgan fingerprint density at radius 3 is 2.50 bits per heavy atom. The third-order valence-corrected chi connectivity index (χ3v) is 3.47. The van der Waals surface area contributed by atoms with E-state index in [1.165, 1.54) is 6.07 Å². The van der Waals surface area contributed by atoms with E-state index in [9.17, 15) is 9.18 Å². The zero-order chi connectivity index (χ0) is 14.5. The summed E-state index contributed by atoms with van der Waals surface area (Å²) in [5.74, 6) is -0.391. The zero-order valence-electron chi connectivity index (χ0n) is 10.9. The van der Waals surface area contributed by atoms with Crippen molar-refractivity contribution in [2.75, 3.05) is 12.4 Å². The van der Waals surface area contributed by atoms with Gasteiger partial charge in [-0.1, -0.05) is 12.1 Å². The predicted molar refractivity (Wildman–Crippen MR) is 81.3 cm³/mol. The Morgan fingerprint density at radius 2 is 1.90 bits per heavy atom. The van der Waals surface area contributed by atoms with E-state index in [1.807, 2.05) is 12.1 Å². The number of anilines is 1. The molecular formula is C15H14BrFN2O. The molecule has 0 saturated carbocycles. The van der Waals surface area contributed by atoms with Gasteiger partial charge in [0.1, 0.15) is 5.82 Å². The topological polar surface area (TPSA) is 41.1 Å². The molecule has 0 unspecified atom stereocenters. The third kappa shape index (κ3) is 3.57. The lowest BCUT2D eigenvalue weighted by atomic mass is 10.1. The van der Waals surface area contributed by atoms with Gasteiger partial charge >= 0.3 is 0 Å². The molecule has 3 nitrogen and oxygen atoms in total. The van der Waals surface area contributed by atoms with Crippen molar-refractivity contribution < 1.29 is 9.18 Å². The van der Waals surface area contributed by atoms with E-state index in [-0.39, 0.29) is 11.7 Å². The summed E-state index contributed by atoms with van der Waals surface area (Å²) in [5, 5.41) is 5.77. The molecule has 2 aromatic carbocycles. The summed E-state index contributed by atoms with van der Waals surface area (Å²) >= 11 is 3.15. The summed E-state index contributed by atoms with van der Waals surface area (Å²) in [6, 6.07) is 12.1. The molecule has 0 heterocycles. The number of carbonyl (C=O) groups excluding carboxylic acids is 1. The minimum Gasteiger partial charge on any atom is -0.381 e. The second kappa shape index (κ2) is 6.52. The highest BCUT2D eigenvalue weighted by molar-refractivity contribution is 9.10. The van der Waals surface area contributed by atoms with Crippen molar-refractivity contribution in [3.63, 3.8) is 0 Å². The van der Waals surface area contributed by atoms with Crippen LogP contribution in [0.4, 0.5) is 10.1 Å². The molecule has 0 aromatic heterocycles. The first-order valence-corrected chi connectivity index (χ1v) is 6.89. The summed E-state index contributed by atoms with van der Waals surface area (Å²) in [7, 11) is 1.60. The normalized spacial score (nSPS) is 10.2. The molecule has 20 heavy (non-hydrogen) atoms. The number of amides is 1. The molecule has 1 amide bonds. The van der Waals surface area contributed by atoms with Gasteiger partial charge in [0, 0.05) is 24.8 Å². The number of benzene rings is 2. The van der Waals surface area contributed by atoms with Gasteiger partial charge in [-0.2, -0.15) is 0 Å². The molecule has 0 atom stereocenters. The first-order chi connectivity index (χ1) is 9.60. The summed E-state index contributed by atoms with van der Waals surface area (Å²) in [6.07, 6.45) is 0.